The molecular formula is C15H23O3P. The Hall–Kier alpha value is -0.630. The summed E-state index contributed by atoms with van der Waals surface area (Å²) in [6.45, 7) is 6.52. The molecule has 3 nitrogen and oxygen atoms in total. The minimum absolute atomic E-state index is 0.403. The third-order valence-corrected chi connectivity index (χ3v) is 5.76. The molecule has 0 aromatic heterocycles. The van der Waals surface area contributed by atoms with E-state index in [2.05, 4.69) is 13.8 Å². The molecule has 0 N–H and O–H groups in total. The normalized spacial score (nSPS) is 24.4. The molecule has 0 saturated carbocycles. The summed E-state index contributed by atoms with van der Waals surface area (Å²) in [7, 11) is -3.14. The van der Waals surface area contributed by atoms with E-state index in [1.807, 2.05) is 31.2 Å². The van der Waals surface area contributed by atoms with Crippen LogP contribution in [0.1, 0.15) is 52.0 Å². The van der Waals surface area contributed by atoms with Gasteiger partial charge in [0, 0.05) is 0 Å². The highest BCUT2D eigenvalue weighted by Gasteiger charge is 2.50. The standard InChI is InChI=1S/C15H23O3P/c1-4-11-15(12-5-2)13-9-7-8-10-14(13)19(16,18-15)17-6-3/h7-10H,4-6,11-12H2,1-3H3. The van der Waals surface area contributed by atoms with E-state index in [4.69, 9.17) is 9.05 Å². The van der Waals surface area contributed by atoms with Crippen LogP contribution in [0.5, 0.6) is 0 Å². The van der Waals surface area contributed by atoms with Crippen molar-refractivity contribution in [1.82, 2.24) is 0 Å². The molecule has 19 heavy (non-hydrogen) atoms. The van der Waals surface area contributed by atoms with Gasteiger partial charge in [-0.3, -0.25) is 9.09 Å². The van der Waals surface area contributed by atoms with Crippen molar-refractivity contribution in [3.8, 4) is 0 Å². The molecule has 1 atom stereocenters. The minimum Gasteiger partial charge on any atom is -0.305 e. The Balaban J connectivity index is 2.52. The lowest BCUT2D eigenvalue weighted by molar-refractivity contribution is 0.0414. The van der Waals surface area contributed by atoms with Crippen LogP contribution in [0.3, 0.4) is 0 Å². The summed E-state index contributed by atoms with van der Waals surface area (Å²) >= 11 is 0. The molecule has 4 heteroatoms. The smallest absolute Gasteiger partial charge is 0.305 e. The monoisotopic (exact) mass is 282 g/mol. The van der Waals surface area contributed by atoms with Gasteiger partial charge in [0.1, 0.15) is 5.60 Å². The van der Waals surface area contributed by atoms with Crippen LogP contribution in [0.4, 0.5) is 0 Å². The highest BCUT2D eigenvalue weighted by atomic mass is 31.2. The van der Waals surface area contributed by atoms with Gasteiger partial charge in [0.05, 0.1) is 11.9 Å². The highest BCUT2D eigenvalue weighted by Crippen LogP contribution is 2.62. The summed E-state index contributed by atoms with van der Waals surface area (Å²) in [6.07, 6.45) is 3.77. The number of fused-ring (bicyclic) bond motifs is 1. The van der Waals surface area contributed by atoms with Gasteiger partial charge in [-0.25, -0.2) is 0 Å². The third-order valence-electron chi connectivity index (χ3n) is 3.59. The van der Waals surface area contributed by atoms with Gasteiger partial charge < -0.3 is 4.52 Å². The maximum atomic E-state index is 13.0. The molecule has 0 spiro atoms. The molecule has 1 aromatic rings. The van der Waals surface area contributed by atoms with Gasteiger partial charge in [-0.1, -0.05) is 44.9 Å². The summed E-state index contributed by atoms with van der Waals surface area (Å²) in [4.78, 5) is 0. The molecule has 0 bridgehead atoms. The molecule has 0 saturated heterocycles. The maximum Gasteiger partial charge on any atom is 0.362 e. The quantitative estimate of drug-likeness (QED) is 0.727. The second kappa shape index (κ2) is 5.78. The van der Waals surface area contributed by atoms with E-state index < -0.39 is 13.2 Å². The maximum absolute atomic E-state index is 13.0. The predicted octanol–water partition coefficient (Wildman–Crippen LogP) is 4.37. The summed E-state index contributed by atoms with van der Waals surface area (Å²) in [5.74, 6) is 0. The van der Waals surface area contributed by atoms with Gasteiger partial charge in [-0.2, -0.15) is 0 Å². The molecule has 0 fully saturated rings. The first-order valence-corrected chi connectivity index (χ1v) is 8.71. The van der Waals surface area contributed by atoms with Crippen LogP contribution in [0.15, 0.2) is 24.3 Å². The van der Waals surface area contributed by atoms with Crippen molar-refractivity contribution in [1.29, 1.82) is 0 Å². The molecule has 0 aliphatic carbocycles. The van der Waals surface area contributed by atoms with Crippen LogP contribution in [0.2, 0.25) is 0 Å². The topological polar surface area (TPSA) is 35.5 Å². The number of hydrogen-bond donors (Lipinski definition) is 0. The summed E-state index contributed by atoms with van der Waals surface area (Å²) in [5, 5.41) is 0.763. The fourth-order valence-electron chi connectivity index (χ4n) is 2.99. The third kappa shape index (κ3) is 2.52. The Morgan fingerprint density at radius 2 is 1.79 bits per heavy atom. The number of benzene rings is 1. The van der Waals surface area contributed by atoms with E-state index in [1.54, 1.807) is 0 Å². The fourth-order valence-corrected chi connectivity index (χ4v) is 5.20. The van der Waals surface area contributed by atoms with E-state index in [0.29, 0.717) is 6.61 Å². The molecule has 0 amide bonds. The molecule has 1 heterocycles. The van der Waals surface area contributed by atoms with Crippen LogP contribution >= 0.6 is 7.60 Å². The first kappa shape index (κ1) is 14.8. The molecule has 106 valence electrons. The van der Waals surface area contributed by atoms with Crippen LogP contribution in [0.25, 0.3) is 0 Å². The average molecular weight is 282 g/mol. The lowest BCUT2D eigenvalue weighted by Crippen LogP contribution is -2.25. The molecule has 2 rings (SSSR count). The van der Waals surface area contributed by atoms with E-state index in [1.165, 1.54) is 0 Å². The van der Waals surface area contributed by atoms with Crippen molar-refractivity contribution < 1.29 is 13.6 Å². The molecule has 0 radical (unpaired) electrons. The minimum atomic E-state index is -3.14. The highest BCUT2D eigenvalue weighted by molar-refractivity contribution is 7.62. The largest absolute Gasteiger partial charge is 0.362 e. The van der Waals surface area contributed by atoms with Gasteiger partial charge in [-0.05, 0) is 31.4 Å². The molecule has 1 aliphatic rings. The Morgan fingerprint density at radius 3 is 2.37 bits per heavy atom. The lowest BCUT2D eigenvalue weighted by Gasteiger charge is -2.29. The van der Waals surface area contributed by atoms with Gasteiger partial charge in [-0.15, -0.1) is 0 Å². The van der Waals surface area contributed by atoms with Gasteiger partial charge in [0.15, 0.2) is 0 Å². The molecular weight excluding hydrogens is 259 g/mol. The zero-order valence-corrected chi connectivity index (χ0v) is 12.9. The molecule has 1 unspecified atom stereocenters. The average Bonchev–Trinajstić information content (AvgIpc) is 2.62. The molecule has 1 aliphatic heterocycles. The van der Waals surface area contributed by atoms with Crippen molar-refractivity contribution >= 4 is 12.9 Å². The van der Waals surface area contributed by atoms with Crippen molar-refractivity contribution in [3.63, 3.8) is 0 Å². The van der Waals surface area contributed by atoms with Gasteiger partial charge >= 0.3 is 7.60 Å². The van der Waals surface area contributed by atoms with E-state index in [0.717, 1.165) is 36.6 Å². The first-order chi connectivity index (χ1) is 9.12. The lowest BCUT2D eigenvalue weighted by atomic mass is 9.85. The number of hydrogen-bond acceptors (Lipinski definition) is 3. The fraction of sp³-hybridized carbons (Fsp3) is 0.600. The van der Waals surface area contributed by atoms with Crippen molar-refractivity contribution in [3.05, 3.63) is 29.8 Å². The Kier molecular flexibility index (Phi) is 4.50. The molecule has 1 aromatic carbocycles. The van der Waals surface area contributed by atoms with Crippen molar-refractivity contribution in [2.45, 2.75) is 52.1 Å². The van der Waals surface area contributed by atoms with E-state index >= 15 is 0 Å². The Labute approximate surface area is 115 Å². The summed E-state index contributed by atoms with van der Waals surface area (Å²) in [6, 6.07) is 7.82. The van der Waals surface area contributed by atoms with Crippen molar-refractivity contribution in [2.24, 2.45) is 0 Å². The van der Waals surface area contributed by atoms with Crippen LogP contribution in [-0.4, -0.2) is 6.61 Å². The predicted molar refractivity (Wildman–Crippen MR) is 77.9 cm³/mol. The summed E-state index contributed by atoms with van der Waals surface area (Å²) in [5.41, 5.74) is 0.639. The zero-order chi connectivity index (χ0) is 13.9. The SMILES string of the molecule is CCCC1(CCC)OP(=O)(OCC)c2ccccc21. The Morgan fingerprint density at radius 1 is 1.16 bits per heavy atom. The van der Waals surface area contributed by atoms with Crippen LogP contribution < -0.4 is 5.30 Å². The van der Waals surface area contributed by atoms with E-state index in [9.17, 15) is 4.57 Å². The van der Waals surface area contributed by atoms with E-state index in [-0.39, 0.29) is 0 Å². The van der Waals surface area contributed by atoms with Gasteiger partial charge in [0.25, 0.3) is 0 Å². The summed E-state index contributed by atoms with van der Waals surface area (Å²) < 4.78 is 24.5. The second-order valence-corrected chi connectivity index (χ2v) is 6.94. The second-order valence-electron chi connectivity index (χ2n) is 5.02. The van der Waals surface area contributed by atoms with Crippen molar-refractivity contribution in [2.75, 3.05) is 6.61 Å². The Bertz CT molecular complexity index is 478. The zero-order valence-electron chi connectivity index (χ0n) is 12.0. The van der Waals surface area contributed by atoms with Crippen LogP contribution in [-0.2, 0) is 19.2 Å². The van der Waals surface area contributed by atoms with Crippen LogP contribution in [0, 0.1) is 0 Å². The number of rotatable bonds is 6. The van der Waals surface area contributed by atoms with Gasteiger partial charge in [0.2, 0.25) is 0 Å². The first-order valence-electron chi connectivity index (χ1n) is 7.17.